The van der Waals surface area contributed by atoms with Crippen molar-refractivity contribution in [2.45, 2.75) is 24.9 Å². The maximum Gasteiger partial charge on any atom is 0.278 e. The normalized spacial score (nSPS) is 24.4. The number of phosphoric acid groups is 3. The van der Waals surface area contributed by atoms with Crippen LogP contribution < -0.4 is 19.6 Å². The van der Waals surface area contributed by atoms with Gasteiger partial charge in [0.15, 0.2) is 0 Å². The largest absolute Gasteiger partial charge is 0.790 e. The quantitative estimate of drug-likeness (QED) is 0.174. The van der Waals surface area contributed by atoms with Crippen LogP contribution in [0.3, 0.4) is 0 Å². The molecule has 2 heterocycles. The second-order valence-electron chi connectivity index (χ2n) is 6.79. The van der Waals surface area contributed by atoms with Gasteiger partial charge in [0.25, 0.3) is 21.3 Å². The van der Waals surface area contributed by atoms with E-state index in [1.807, 2.05) is 0 Å². The molecule has 3 unspecified atom stereocenters. The number of terminal acetylenes is 1. The zero-order valence-corrected chi connectivity index (χ0v) is 19.2. The third-order valence-electron chi connectivity index (χ3n) is 4.49. The fourth-order valence-corrected chi connectivity index (χ4v) is 6.06. The van der Waals surface area contributed by atoms with Crippen LogP contribution in [0.15, 0.2) is 24.4 Å². The third-order valence-corrected chi connectivity index (χ3v) is 8.16. The standard InChI is InChI=1S/C15H17N2O14P3/c1-2-9-7-16(12-4-3-10(17(19)20)5-11(9)12)15-6-13(18)14(29-15)8-28-33(24,25)31-34(26,27)30-32(21,22)23/h1,3-5,7,13-15,18H,6,8H2,(H,24,25)(H,26,27)(H2,21,22,23)/p-4/t13?,14-,15-/m1/s1. The first-order chi connectivity index (χ1) is 15.6. The van der Waals surface area contributed by atoms with Crippen LogP contribution >= 0.6 is 23.5 Å². The van der Waals surface area contributed by atoms with Gasteiger partial charge in [-0.1, -0.05) is 5.92 Å². The van der Waals surface area contributed by atoms with Gasteiger partial charge in [0.1, 0.15) is 12.3 Å². The van der Waals surface area contributed by atoms with E-state index in [1.54, 1.807) is 0 Å². The molecule has 1 aliphatic rings. The number of hydrogen-bond donors (Lipinski definition) is 1. The number of nitrogens with zero attached hydrogens (tertiary/aromatic N) is 2. The van der Waals surface area contributed by atoms with Gasteiger partial charge < -0.3 is 43.1 Å². The lowest BCUT2D eigenvalue weighted by Gasteiger charge is -2.37. The van der Waals surface area contributed by atoms with E-state index in [0.29, 0.717) is 10.9 Å². The summed E-state index contributed by atoms with van der Waals surface area (Å²) in [4.78, 5) is 54.0. The van der Waals surface area contributed by atoms with Crippen molar-refractivity contribution < 1.29 is 61.2 Å². The predicted octanol–water partition coefficient (Wildman–Crippen LogP) is -1.01. The molecule has 1 fully saturated rings. The Balaban J connectivity index is 1.73. The number of aromatic nitrogens is 1. The molecule has 0 saturated carbocycles. The van der Waals surface area contributed by atoms with Crippen LogP contribution in [0.25, 0.3) is 10.9 Å². The average Bonchev–Trinajstić information content (AvgIpc) is 3.23. The molecule has 19 heteroatoms. The smallest absolute Gasteiger partial charge is 0.278 e. The first-order valence-electron chi connectivity index (χ1n) is 8.91. The molecule has 1 N–H and O–H groups in total. The highest BCUT2D eigenvalue weighted by Crippen LogP contribution is 2.60. The van der Waals surface area contributed by atoms with Gasteiger partial charge in [0, 0.05) is 30.1 Å². The maximum atomic E-state index is 11.7. The molecule has 0 aliphatic carbocycles. The van der Waals surface area contributed by atoms with Gasteiger partial charge >= 0.3 is 0 Å². The summed E-state index contributed by atoms with van der Waals surface area (Å²) in [7, 11) is -18.0. The summed E-state index contributed by atoms with van der Waals surface area (Å²) in [6.45, 7) is -0.961. The molecule has 0 radical (unpaired) electrons. The summed E-state index contributed by atoms with van der Waals surface area (Å²) in [6, 6.07) is 3.89. The van der Waals surface area contributed by atoms with Crippen LogP contribution in [0.2, 0.25) is 0 Å². The Morgan fingerprint density at radius 3 is 2.47 bits per heavy atom. The Morgan fingerprint density at radius 2 is 1.88 bits per heavy atom. The zero-order valence-electron chi connectivity index (χ0n) is 16.5. The Kier molecular flexibility index (Phi) is 7.52. The summed E-state index contributed by atoms with van der Waals surface area (Å²) >= 11 is 0. The van der Waals surface area contributed by atoms with Crippen molar-refractivity contribution >= 4 is 40.1 Å². The topological polar surface area (TPSA) is 249 Å². The molecule has 1 aromatic heterocycles. The second-order valence-corrected chi connectivity index (χ2v) is 11.0. The van der Waals surface area contributed by atoms with Gasteiger partial charge in [-0.25, -0.2) is 4.31 Å². The number of hydrogen-bond acceptors (Lipinski definition) is 14. The lowest BCUT2D eigenvalue weighted by atomic mass is 10.1. The summed E-state index contributed by atoms with van der Waals surface area (Å²) in [5.41, 5.74) is 0.491. The van der Waals surface area contributed by atoms with Crippen molar-refractivity contribution in [3.05, 3.63) is 40.1 Å². The Bertz CT molecular complexity index is 1300. The molecule has 2 aromatic rings. The number of phosphoric ester groups is 1. The number of nitro groups is 1. The molecule has 0 amide bonds. The van der Waals surface area contributed by atoms with Crippen molar-refractivity contribution in [3.63, 3.8) is 0 Å². The fourth-order valence-electron chi connectivity index (χ4n) is 3.19. The number of ether oxygens (including phenoxy) is 1. The van der Waals surface area contributed by atoms with E-state index in [9.17, 15) is 48.5 Å². The Hall–Kier alpha value is -1.95. The number of benzene rings is 1. The van der Waals surface area contributed by atoms with Crippen molar-refractivity contribution in [1.29, 1.82) is 0 Å². The summed E-state index contributed by atoms with van der Waals surface area (Å²) < 4.78 is 51.0. The molecule has 1 aliphatic heterocycles. The zero-order chi connectivity index (χ0) is 25.5. The molecule has 16 nitrogen and oxygen atoms in total. The summed E-state index contributed by atoms with van der Waals surface area (Å²) in [6.07, 6.45) is 3.19. The summed E-state index contributed by atoms with van der Waals surface area (Å²) in [5, 5.41) is 21.6. The SMILES string of the molecule is C#Cc1cn([C@H]2CC(O)[C@@H](COP(=O)([O-])OP(=O)([O-])OP(=O)([O-])[O-])O2)c2ccc([N+](=O)[O-])cc12. The van der Waals surface area contributed by atoms with E-state index >= 15 is 0 Å². The van der Waals surface area contributed by atoms with Crippen molar-refractivity contribution in [2.75, 3.05) is 6.61 Å². The number of non-ortho nitro benzene ring substituents is 1. The molecule has 0 spiro atoms. The Morgan fingerprint density at radius 1 is 1.21 bits per heavy atom. The molecular formula is C15H13N2O14P3-4. The van der Waals surface area contributed by atoms with E-state index in [-0.39, 0.29) is 17.7 Å². The van der Waals surface area contributed by atoms with Gasteiger partial charge in [0.05, 0.1) is 36.5 Å². The van der Waals surface area contributed by atoms with Gasteiger partial charge in [-0.05, 0) is 6.07 Å². The van der Waals surface area contributed by atoms with E-state index in [1.165, 1.54) is 29.0 Å². The van der Waals surface area contributed by atoms with E-state index in [2.05, 4.69) is 19.1 Å². The monoisotopic (exact) mass is 538 g/mol. The number of rotatable bonds is 9. The fraction of sp³-hybridized carbons (Fsp3) is 0.333. The van der Waals surface area contributed by atoms with Crippen LogP contribution in [0.1, 0.15) is 18.2 Å². The highest BCUT2D eigenvalue weighted by molar-refractivity contribution is 7.64. The molecule has 1 aromatic carbocycles. The minimum absolute atomic E-state index is 0.110. The second kappa shape index (κ2) is 9.60. The van der Waals surface area contributed by atoms with Crippen LogP contribution in [0.5, 0.6) is 0 Å². The van der Waals surface area contributed by atoms with Gasteiger partial charge in [-0.3, -0.25) is 23.6 Å². The molecule has 5 atom stereocenters. The molecular weight excluding hydrogens is 525 g/mol. The molecule has 3 rings (SSSR count). The Labute approximate surface area is 190 Å². The number of nitro benzene ring substituents is 1. The van der Waals surface area contributed by atoms with Crippen LogP contribution in [-0.2, 0) is 31.6 Å². The number of aliphatic hydroxyl groups is 1. The van der Waals surface area contributed by atoms with Crippen LogP contribution in [0.4, 0.5) is 5.69 Å². The van der Waals surface area contributed by atoms with Crippen LogP contribution in [0, 0.1) is 22.5 Å². The number of fused-ring (bicyclic) bond motifs is 1. The van der Waals surface area contributed by atoms with Gasteiger partial charge in [0.2, 0.25) is 0 Å². The highest BCUT2D eigenvalue weighted by atomic mass is 31.3. The van der Waals surface area contributed by atoms with Gasteiger partial charge in [-0.2, -0.15) is 0 Å². The van der Waals surface area contributed by atoms with Crippen LogP contribution in [-0.4, -0.2) is 33.4 Å². The maximum absolute atomic E-state index is 11.7. The predicted molar refractivity (Wildman–Crippen MR) is 102 cm³/mol. The number of aliphatic hydroxyl groups excluding tert-OH is 1. The molecule has 0 bridgehead atoms. The average molecular weight is 538 g/mol. The minimum Gasteiger partial charge on any atom is -0.790 e. The van der Waals surface area contributed by atoms with Crippen molar-refractivity contribution in [2.24, 2.45) is 0 Å². The third kappa shape index (κ3) is 6.38. The lowest BCUT2D eigenvalue weighted by molar-refractivity contribution is -0.384. The summed E-state index contributed by atoms with van der Waals surface area (Å²) in [5.74, 6) is 2.37. The first-order valence-corrected chi connectivity index (χ1v) is 13.3. The van der Waals surface area contributed by atoms with E-state index in [4.69, 9.17) is 11.2 Å². The minimum atomic E-state index is -6.13. The van der Waals surface area contributed by atoms with Crippen molar-refractivity contribution in [1.82, 2.24) is 4.57 Å². The lowest BCUT2D eigenvalue weighted by Crippen LogP contribution is -2.27. The van der Waals surface area contributed by atoms with Gasteiger partial charge in [-0.15, -0.1) is 6.42 Å². The van der Waals surface area contributed by atoms with Crippen molar-refractivity contribution in [3.8, 4) is 12.3 Å². The first kappa shape index (κ1) is 26.7. The van der Waals surface area contributed by atoms with E-state index in [0.717, 1.165) is 0 Å². The molecule has 1 saturated heterocycles. The van der Waals surface area contributed by atoms with E-state index < -0.39 is 53.4 Å². The molecule has 34 heavy (non-hydrogen) atoms. The molecule has 186 valence electrons. The highest BCUT2D eigenvalue weighted by Gasteiger charge is 2.37.